The van der Waals surface area contributed by atoms with E-state index in [0.717, 1.165) is 27.8 Å². The predicted octanol–water partition coefficient (Wildman–Crippen LogP) is 4.64. The molecule has 2 rings (SSSR count). The first-order chi connectivity index (χ1) is 12.8. The Hall–Kier alpha value is -2.82. The minimum atomic E-state index is -0.259. The Balaban J connectivity index is 1.92. The maximum Gasteiger partial charge on any atom is 0.257 e. The van der Waals surface area contributed by atoms with Crippen LogP contribution in [-0.4, -0.2) is 24.0 Å². The van der Waals surface area contributed by atoms with E-state index in [1.165, 1.54) is 6.07 Å². The van der Waals surface area contributed by atoms with Crippen LogP contribution >= 0.6 is 0 Å². The largest absolute Gasteiger partial charge is 0.488 e. The molecule has 2 aromatic rings. The van der Waals surface area contributed by atoms with Crippen LogP contribution < -0.4 is 5.32 Å². The van der Waals surface area contributed by atoms with Crippen LogP contribution in [0.25, 0.3) is 10.9 Å². The number of H-pyrrole nitrogens is 1. The molecule has 0 saturated carbocycles. The van der Waals surface area contributed by atoms with Gasteiger partial charge in [-0.1, -0.05) is 24.8 Å². The summed E-state index contributed by atoms with van der Waals surface area (Å²) in [7, 11) is 0. The minimum absolute atomic E-state index is 0.0375. The highest BCUT2D eigenvalue weighted by Crippen LogP contribution is 2.27. The van der Waals surface area contributed by atoms with Crippen molar-refractivity contribution < 1.29 is 13.9 Å². The second-order valence-electron chi connectivity index (χ2n) is 6.63. The standard InChI is InChI=1S/C22H27FN2O2/c1-6-7-14(2)12-16(4)27-13-20(26)24-11-10-18-17(5)25-22-19(23)9-8-15(3)21(18)22/h6-9,12,25H,1,10-11,13H2,2-5H3,(H,24,26)/b14-7-,16-12+. The molecule has 0 atom stereocenters. The van der Waals surface area contributed by atoms with Crippen LogP contribution in [0.2, 0.25) is 0 Å². The number of hydrogen-bond donors (Lipinski definition) is 2. The van der Waals surface area contributed by atoms with Crippen molar-refractivity contribution in [1.82, 2.24) is 10.3 Å². The van der Waals surface area contributed by atoms with Crippen LogP contribution in [0, 0.1) is 19.7 Å². The van der Waals surface area contributed by atoms with Crippen LogP contribution in [0.3, 0.4) is 0 Å². The number of fused-ring (bicyclic) bond motifs is 1. The summed E-state index contributed by atoms with van der Waals surface area (Å²) in [5.74, 6) is 0.221. The second-order valence-corrected chi connectivity index (χ2v) is 6.63. The van der Waals surface area contributed by atoms with Crippen molar-refractivity contribution in [3.05, 3.63) is 70.9 Å². The molecule has 0 aliphatic rings. The van der Waals surface area contributed by atoms with E-state index in [0.29, 0.717) is 24.2 Å². The third kappa shape index (κ3) is 5.33. The zero-order valence-electron chi connectivity index (χ0n) is 16.4. The second kappa shape index (κ2) is 9.21. The number of aryl methyl sites for hydroxylation is 2. The van der Waals surface area contributed by atoms with Crippen molar-refractivity contribution >= 4 is 16.8 Å². The highest BCUT2D eigenvalue weighted by atomic mass is 19.1. The highest BCUT2D eigenvalue weighted by Gasteiger charge is 2.14. The summed E-state index contributed by atoms with van der Waals surface area (Å²) < 4.78 is 19.4. The van der Waals surface area contributed by atoms with Crippen LogP contribution in [0.1, 0.15) is 30.7 Å². The van der Waals surface area contributed by atoms with E-state index in [4.69, 9.17) is 4.74 Å². The third-order valence-corrected chi connectivity index (χ3v) is 4.37. The van der Waals surface area contributed by atoms with Gasteiger partial charge in [-0.15, -0.1) is 0 Å². The lowest BCUT2D eigenvalue weighted by molar-refractivity contribution is -0.124. The average molecular weight is 370 g/mol. The molecule has 0 unspecified atom stereocenters. The van der Waals surface area contributed by atoms with Gasteiger partial charge in [0.15, 0.2) is 6.61 Å². The first-order valence-electron chi connectivity index (χ1n) is 8.96. The monoisotopic (exact) mass is 370 g/mol. The van der Waals surface area contributed by atoms with E-state index < -0.39 is 0 Å². The number of aromatic nitrogens is 1. The number of ether oxygens (including phenoxy) is 1. The fraction of sp³-hybridized carbons (Fsp3) is 0.318. The Bertz CT molecular complexity index is 907. The lowest BCUT2D eigenvalue weighted by Crippen LogP contribution is -2.29. The van der Waals surface area contributed by atoms with Crippen LogP contribution in [0.4, 0.5) is 4.39 Å². The number of aromatic amines is 1. The number of halogens is 1. The Labute approximate surface area is 159 Å². The summed E-state index contributed by atoms with van der Waals surface area (Å²) in [6.07, 6.45) is 6.03. The lowest BCUT2D eigenvalue weighted by Gasteiger charge is -2.09. The fourth-order valence-electron chi connectivity index (χ4n) is 3.11. The molecule has 0 aliphatic carbocycles. The number of benzene rings is 1. The third-order valence-electron chi connectivity index (χ3n) is 4.37. The summed E-state index contributed by atoms with van der Waals surface area (Å²) in [4.78, 5) is 15.1. The van der Waals surface area contributed by atoms with Gasteiger partial charge in [-0.3, -0.25) is 4.79 Å². The smallest absolute Gasteiger partial charge is 0.257 e. The average Bonchev–Trinajstić information content (AvgIpc) is 2.94. The van der Waals surface area contributed by atoms with Gasteiger partial charge in [0.2, 0.25) is 0 Å². The van der Waals surface area contributed by atoms with Gasteiger partial charge in [0.25, 0.3) is 5.91 Å². The number of amides is 1. The molecule has 27 heavy (non-hydrogen) atoms. The van der Waals surface area contributed by atoms with Crippen molar-refractivity contribution in [1.29, 1.82) is 0 Å². The van der Waals surface area contributed by atoms with Gasteiger partial charge in [-0.25, -0.2) is 4.39 Å². The number of rotatable bonds is 8. The molecule has 0 fully saturated rings. The number of allylic oxidation sites excluding steroid dienone is 5. The van der Waals surface area contributed by atoms with Gasteiger partial charge in [0.1, 0.15) is 5.82 Å². The Morgan fingerprint density at radius 1 is 1.33 bits per heavy atom. The van der Waals surface area contributed by atoms with E-state index in [1.54, 1.807) is 19.1 Å². The van der Waals surface area contributed by atoms with Crippen LogP contribution in [-0.2, 0) is 16.0 Å². The topological polar surface area (TPSA) is 54.1 Å². The summed E-state index contributed by atoms with van der Waals surface area (Å²) >= 11 is 0. The summed E-state index contributed by atoms with van der Waals surface area (Å²) in [6.45, 7) is 11.7. The first-order valence-corrected chi connectivity index (χ1v) is 8.96. The molecule has 5 heteroatoms. The Morgan fingerprint density at radius 3 is 2.78 bits per heavy atom. The Morgan fingerprint density at radius 2 is 2.07 bits per heavy atom. The molecule has 1 heterocycles. The summed E-state index contributed by atoms with van der Waals surface area (Å²) in [5.41, 5.74) is 4.50. The highest BCUT2D eigenvalue weighted by molar-refractivity contribution is 5.88. The van der Waals surface area contributed by atoms with E-state index >= 15 is 0 Å². The van der Waals surface area contributed by atoms with Gasteiger partial charge in [0.05, 0.1) is 11.3 Å². The van der Waals surface area contributed by atoms with Gasteiger partial charge in [-0.2, -0.15) is 0 Å². The van der Waals surface area contributed by atoms with E-state index in [-0.39, 0.29) is 18.3 Å². The summed E-state index contributed by atoms with van der Waals surface area (Å²) in [5, 5.41) is 3.76. The number of hydrogen-bond acceptors (Lipinski definition) is 2. The normalized spacial score (nSPS) is 12.3. The zero-order valence-corrected chi connectivity index (χ0v) is 16.4. The lowest BCUT2D eigenvalue weighted by atomic mass is 10.0. The quantitative estimate of drug-likeness (QED) is 0.526. The Kier molecular flexibility index (Phi) is 6.99. The zero-order chi connectivity index (χ0) is 20.0. The molecular formula is C22H27FN2O2. The van der Waals surface area contributed by atoms with Gasteiger partial charge < -0.3 is 15.0 Å². The molecule has 1 amide bonds. The minimum Gasteiger partial charge on any atom is -0.488 e. The maximum atomic E-state index is 14.0. The summed E-state index contributed by atoms with van der Waals surface area (Å²) in [6, 6.07) is 3.25. The molecule has 0 bridgehead atoms. The van der Waals surface area contributed by atoms with Gasteiger partial charge in [-0.05, 0) is 63.0 Å². The molecular weight excluding hydrogens is 343 g/mol. The van der Waals surface area contributed by atoms with Gasteiger partial charge >= 0.3 is 0 Å². The molecule has 1 aromatic carbocycles. The molecule has 0 radical (unpaired) electrons. The van der Waals surface area contributed by atoms with Crippen molar-refractivity contribution in [2.75, 3.05) is 13.2 Å². The number of carbonyl (C=O) groups is 1. The van der Waals surface area contributed by atoms with E-state index in [2.05, 4.69) is 16.9 Å². The fourth-order valence-corrected chi connectivity index (χ4v) is 3.11. The molecule has 4 nitrogen and oxygen atoms in total. The van der Waals surface area contributed by atoms with Crippen molar-refractivity contribution in [3.8, 4) is 0 Å². The van der Waals surface area contributed by atoms with Gasteiger partial charge in [0, 0.05) is 17.6 Å². The van der Waals surface area contributed by atoms with Crippen molar-refractivity contribution in [2.24, 2.45) is 0 Å². The number of nitrogens with one attached hydrogen (secondary N) is 2. The van der Waals surface area contributed by atoms with E-state index in [9.17, 15) is 9.18 Å². The SMILES string of the molecule is C=C/C=C(C)\C=C(/C)OCC(=O)NCCc1c(C)[nH]c2c(F)ccc(C)c12. The van der Waals surface area contributed by atoms with Crippen molar-refractivity contribution in [2.45, 2.75) is 34.1 Å². The van der Waals surface area contributed by atoms with Crippen LogP contribution in [0.15, 0.2) is 48.3 Å². The van der Waals surface area contributed by atoms with Crippen LogP contribution in [0.5, 0.6) is 0 Å². The first kappa shape index (κ1) is 20.5. The predicted molar refractivity (Wildman–Crippen MR) is 108 cm³/mol. The molecule has 0 spiro atoms. The number of carbonyl (C=O) groups excluding carboxylic acids is 1. The van der Waals surface area contributed by atoms with E-state index in [1.807, 2.05) is 32.9 Å². The molecule has 144 valence electrons. The molecule has 2 N–H and O–H groups in total. The molecule has 0 saturated heterocycles. The molecule has 1 aromatic heterocycles. The molecule has 0 aliphatic heterocycles. The maximum absolute atomic E-state index is 14.0. The van der Waals surface area contributed by atoms with Crippen molar-refractivity contribution in [3.63, 3.8) is 0 Å².